The highest BCUT2D eigenvalue weighted by molar-refractivity contribution is 6.04. The van der Waals surface area contributed by atoms with E-state index in [0.717, 1.165) is 0 Å². The molecule has 194 valence electrons. The van der Waals surface area contributed by atoms with Crippen LogP contribution in [0.25, 0.3) is 0 Å². The van der Waals surface area contributed by atoms with E-state index in [-0.39, 0.29) is 18.1 Å². The molecule has 0 unspecified atom stereocenters. The minimum absolute atomic E-state index is 0.0947. The van der Waals surface area contributed by atoms with E-state index in [4.69, 9.17) is 14.2 Å². The average molecular weight is 493 g/mol. The van der Waals surface area contributed by atoms with Crippen LogP contribution in [-0.2, 0) is 33.4 Å². The van der Waals surface area contributed by atoms with Gasteiger partial charge in [0.1, 0.15) is 12.2 Å². The number of ketones is 1. The molecule has 0 aromatic rings. The van der Waals surface area contributed by atoms with E-state index >= 15 is 0 Å². The minimum Gasteiger partial charge on any atom is -0.459 e. The molecule has 4 fully saturated rings. The summed E-state index contributed by atoms with van der Waals surface area (Å²) in [7, 11) is 0. The van der Waals surface area contributed by atoms with Crippen molar-refractivity contribution < 1.29 is 43.6 Å². The Bertz CT molecular complexity index is 985. The maximum atomic E-state index is 13.9. The molecule has 2 N–H and O–H groups in total. The quantitative estimate of drug-likeness (QED) is 0.343. The summed E-state index contributed by atoms with van der Waals surface area (Å²) < 4.78 is 17.3. The van der Waals surface area contributed by atoms with Crippen molar-refractivity contribution in [1.29, 1.82) is 0 Å². The Kier molecular flexibility index (Phi) is 6.00. The number of aliphatic hydroxyl groups is 2. The molecule has 4 rings (SSSR count). The standard InChI is InChI=1S/C26H36O9/c1-11-15-8-16(30)19-25(7)10-17(31)22(34-13(3)28)24(5,6)20(25)18(33-12(2)27)23(35-14(4)29)26(19,9-15)21(11)32/h15-20,22-23,30-31H,1,8-10H2,2-7H3/t15-,16+,17+,18-,19+,20-,22+,23+,25-,26+/m1/s1. The van der Waals surface area contributed by atoms with Gasteiger partial charge < -0.3 is 24.4 Å². The van der Waals surface area contributed by atoms with Crippen molar-refractivity contribution in [3.8, 4) is 0 Å². The molecule has 0 aromatic heterocycles. The second kappa shape index (κ2) is 8.13. The first-order chi connectivity index (χ1) is 16.1. The summed E-state index contributed by atoms with van der Waals surface area (Å²) in [4.78, 5) is 50.6. The molecule has 0 radical (unpaired) electrons. The van der Waals surface area contributed by atoms with Gasteiger partial charge in [-0.15, -0.1) is 0 Å². The molecule has 4 saturated carbocycles. The second-order valence-electron chi connectivity index (χ2n) is 11.8. The Morgan fingerprint density at radius 3 is 1.94 bits per heavy atom. The van der Waals surface area contributed by atoms with Gasteiger partial charge in [-0.3, -0.25) is 19.2 Å². The number of allylic oxidation sites excluding steroid dienone is 1. The predicted octanol–water partition coefficient (Wildman–Crippen LogP) is 1.72. The Morgan fingerprint density at radius 1 is 0.857 bits per heavy atom. The number of carbonyl (C=O) groups is 4. The van der Waals surface area contributed by atoms with Crippen LogP contribution in [0.15, 0.2) is 12.2 Å². The summed E-state index contributed by atoms with van der Waals surface area (Å²) in [6, 6.07) is 0. The SMILES string of the molecule is C=C1C(=O)[C@]23C[C@H]1C[C@H](O)[C@H]2[C@@]1(C)C[C@H](O)[C@H](OC(C)=O)C(C)(C)[C@H]1[C@@H](OC(C)=O)[C@@H]3OC(C)=O. The third kappa shape index (κ3) is 3.49. The van der Waals surface area contributed by atoms with Crippen LogP contribution in [0, 0.1) is 34.0 Å². The Balaban J connectivity index is 2.00. The monoisotopic (exact) mass is 492 g/mol. The molecule has 35 heavy (non-hydrogen) atoms. The van der Waals surface area contributed by atoms with E-state index in [0.29, 0.717) is 18.4 Å². The van der Waals surface area contributed by atoms with Gasteiger partial charge in [-0.2, -0.15) is 0 Å². The van der Waals surface area contributed by atoms with E-state index in [1.54, 1.807) is 13.8 Å². The molecule has 0 saturated heterocycles. The molecule has 0 heterocycles. The molecule has 9 nitrogen and oxygen atoms in total. The van der Waals surface area contributed by atoms with Crippen molar-refractivity contribution in [2.45, 2.75) is 91.3 Å². The van der Waals surface area contributed by atoms with E-state index in [9.17, 15) is 29.4 Å². The molecule has 4 aliphatic rings. The average Bonchev–Trinajstić information content (AvgIpc) is 2.88. The van der Waals surface area contributed by atoms with Gasteiger partial charge in [0.25, 0.3) is 0 Å². The van der Waals surface area contributed by atoms with Crippen LogP contribution in [0.4, 0.5) is 0 Å². The molecule has 9 heteroatoms. The van der Waals surface area contributed by atoms with Crippen LogP contribution in [0.3, 0.4) is 0 Å². The molecule has 0 aliphatic heterocycles. The number of carbonyl (C=O) groups excluding carboxylic acids is 4. The lowest BCUT2D eigenvalue weighted by atomic mass is 9.38. The normalized spacial score (nSPS) is 45.7. The Hall–Kier alpha value is -2.26. The smallest absolute Gasteiger partial charge is 0.303 e. The van der Waals surface area contributed by atoms with Gasteiger partial charge in [0.15, 0.2) is 11.9 Å². The maximum Gasteiger partial charge on any atom is 0.303 e. The van der Waals surface area contributed by atoms with Crippen molar-refractivity contribution in [3.63, 3.8) is 0 Å². The molecule has 4 aliphatic carbocycles. The Labute approximate surface area is 205 Å². The summed E-state index contributed by atoms with van der Waals surface area (Å²) in [5.74, 6) is -3.72. The van der Waals surface area contributed by atoms with Crippen LogP contribution >= 0.6 is 0 Å². The summed E-state index contributed by atoms with van der Waals surface area (Å²) in [6.07, 6.45) is -4.46. The number of hydrogen-bond acceptors (Lipinski definition) is 9. The molecular formula is C26H36O9. The highest BCUT2D eigenvalue weighted by atomic mass is 16.6. The summed E-state index contributed by atoms with van der Waals surface area (Å²) in [5.41, 5.74) is -2.88. The number of aliphatic hydroxyl groups excluding tert-OH is 2. The second-order valence-corrected chi connectivity index (χ2v) is 11.8. The van der Waals surface area contributed by atoms with Gasteiger partial charge in [-0.25, -0.2) is 0 Å². The van der Waals surface area contributed by atoms with Crippen molar-refractivity contribution >= 4 is 23.7 Å². The van der Waals surface area contributed by atoms with Gasteiger partial charge in [0, 0.05) is 38.0 Å². The lowest BCUT2D eigenvalue weighted by Gasteiger charge is -2.68. The molecule has 2 bridgehead atoms. The van der Waals surface area contributed by atoms with Gasteiger partial charge in [-0.1, -0.05) is 27.4 Å². The van der Waals surface area contributed by atoms with E-state index in [1.165, 1.54) is 20.8 Å². The fourth-order valence-corrected chi connectivity index (χ4v) is 8.70. The predicted molar refractivity (Wildman–Crippen MR) is 121 cm³/mol. The van der Waals surface area contributed by atoms with Gasteiger partial charge in [-0.05, 0) is 36.2 Å². The van der Waals surface area contributed by atoms with Gasteiger partial charge in [0.05, 0.1) is 17.6 Å². The summed E-state index contributed by atoms with van der Waals surface area (Å²) in [6.45, 7) is 13.2. The summed E-state index contributed by atoms with van der Waals surface area (Å²) in [5, 5.41) is 22.7. The van der Waals surface area contributed by atoms with Crippen molar-refractivity contribution in [2.24, 2.45) is 34.0 Å². The third-order valence-electron chi connectivity index (χ3n) is 9.23. The van der Waals surface area contributed by atoms with Crippen molar-refractivity contribution in [1.82, 2.24) is 0 Å². The zero-order valence-corrected chi connectivity index (χ0v) is 21.2. The van der Waals surface area contributed by atoms with Gasteiger partial charge >= 0.3 is 17.9 Å². The highest BCUT2D eigenvalue weighted by Gasteiger charge is 2.78. The van der Waals surface area contributed by atoms with E-state index in [1.807, 2.05) is 6.92 Å². The largest absolute Gasteiger partial charge is 0.459 e. The summed E-state index contributed by atoms with van der Waals surface area (Å²) >= 11 is 0. The first kappa shape index (κ1) is 25.8. The minimum atomic E-state index is -1.35. The van der Waals surface area contributed by atoms with Crippen molar-refractivity contribution in [2.75, 3.05) is 0 Å². The number of ether oxygens (including phenoxy) is 3. The maximum absolute atomic E-state index is 13.9. The fourth-order valence-electron chi connectivity index (χ4n) is 8.70. The van der Waals surface area contributed by atoms with Crippen LogP contribution in [0.1, 0.15) is 60.8 Å². The molecule has 0 aromatic carbocycles. The Morgan fingerprint density at radius 2 is 1.40 bits per heavy atom. The van der Waals surface area contributed by atoms with Crippen LogP contribution in [0.5, 0.6) is 0 Å². The van der Waals surface area contributed by atoms with Crippen LogP contribution in [0.2, 0.25) is 0 Å². The highest BCUT2D eigenvalue weighted by Crippen LogP contribution is 2.72. The van der Waals surface area contributed by atoms with Crippen molar-refractivity contribution in [3.05, 3.63) is 12.2 Å². The number of rotatable bonds is 3. The number of fused-ring (bicyclic) bond motifs is 3. The number of esters is 3. The number of hydrogen-bond donors (Lipinski definition) is 2. The third-order valence-corrected chi connectivity index (χ3v) is 9.23. The fraction of sp³-hybridized carbons (Fsp3) is 0.769. The molecule has 0 amide bonds. The molecule has 10 atom stereocenters. The van der Waals surface area contributed by atoms with E-state index in [2.05, 4.69) is 6.58 Å². The van der Waals surface area contributed by atoms with Crippen LogP contribution in [-0.4, -0.2) is 64.4 Å². The molecular weight excluding hydrogens is 456 g/mol. The molecule has 1 spiro atoms. The lowest BCUT2D eigenvalue weighted by Crippen LogP contribution is -2.75. The first-order valence-electron chi connectivity index (χ1n) is 12.2. The zero-order valence-electron chi connectivity index (χ0n) is 21.2. The van der Waals surface area contributed by atoms with E-state index < -0.39 is 76.5 Å². The van der Waals surface area contributed by atoms with Gasteiger partial charge in [0.2, 0.25) is 0 Å². The zero-order chi connectivity index (χ0) is 26.2. The topological polar surface area (TPSA) is 136 Å². The first-order valence-corrected chi connectivity index (χ1v) is 12.2. The van der Waals surface area contributed by atoms with Crippen LogP contribution < -0.4 is 0 Å². The number of Topliss-reactive ketones (excluding diaryl/α,β-unsaturated/α-hetero) is 1. The lowest BCUT2D eigenvalue weighted by molar-refractivity contribution is -0.299.